The Hall–Kier alpha value is -0.890. The van der Waals surface area contributed by atoms with Crippen molar-refractivity contribution in [1.82, 2.24) is 5.32 Å². The van der Waals surface area contributed by atoms with Crippen LogP contribution in [0, 0.1) is 11.2 Å². The van der Waals surface area contributed by atoms with Crippen molar-refractivity contribution in [2.45, 2.75) is 58.4 Å². The summed E-state index contributed by atoms with van der Waals surface area (Å²) in [6, 6.07) is 7.28. The summed E-state index contributed by atoms with van der Waals surface area (Å²) in [4.78, 5) is 0. The average molecular weight is 263 g/mol. The first kappa shape index (κ1) is 14.5. The molecule has 0 heterocycles. The molecule has 1 nitrogen and oxygen atoms in total. The minimum Gasteiger partial charge on any atom is -0.309 e. The van der Waals surface area contributed by atoms with Gasteiger partial charge in [0.2, 0.25) is 0 Å². The van der Waals surface area contributed by atoms with E-state index in [4.69, 9.17) is 0 Å². The molecule has 1 saturated carbocycles. The molecule has 0 bridgehead atoms. The Labute approximate surface area is 116 Å². The van der Waals surface area contributed by atoms with Crippen molar-refractivity contribution >= 4 is 0 Å². The Kier molecular flexibility index (Phi) is 4.98. The lowest BCUT2D eigenvalue weighted by Crippen LogP contribution is -2.34. The second-order valence-corrected chi connectivity index (χ2v) is 5.96. The van der Waals surface area contributed by atoms with Crippen molar-refractivity contribution < 1.29 is 4.39 Å². The van der Waals surface area contributed by atoms with Crippen molar-refractivity contribution in [3.05, 3.63) is 35.6 Å². The summed E-state index contributed by atoms with van der Waals surface area (Å²) >= 11 is 0. The maximum absolute atomic E-state index is 13.3. The summed E-state index contributed by atoms with van der Waals surface area (Å²) in [5.74, 6) is -0.135. The summed E-state index contributed by atoms with van der Waals surface area (Å²) in [5.41, 5.74) is 1.56. The minimum absolute atomic E-state index is 0.135. The molecule has 0 amide bonds. The molecule has 0 spiro atoms. The molecular formula is C17H26FN. The lowest BCUT2D eigenvalue weighted by Gasteiger charge is -2.30. The molecule has 19 heavy (non-hydrogen) atoms. The molecule has 2 heteroatoms. The Morgan fingerprint density at radius 1 is 1.26 bits per heavy atom. The van der Waals surface area contributed by atoms with Crippen LogP contribution in [0.5, 0.6) is 0 Å². The average Bonchev–Trinajstić information content (AvgIpc) is 2.89. The Morgan fingerprint density at radius 2 is 2.00 bits per heavy atom. The monoisotopic (exact) mass is 263 g/mol. The highest BCUT2D eigenvalue weighted by Crippen LogP contribution is 2.40. The zero-order valence-electron chi connectivity index (χ0n) is 12.2. The van der Waals surface area contributed by atoms with Gasteiger partial charge >= 0.3 is 0 Å². The summed E-state index contributed by atoms with van der Waals surface area (Å²) in [7, 11) is 0. The second kappa shape index (κ2) is 6.51. The number of benzene rings is 1. The molecular weight excluding hydrogens is 237 g/mol. The maximum atomic E-state index is 13.3. The van der Waals surface area contributed by atoms with Crippen molar-refractivity contribution in [1.29, 1.82) is 0 Å². The number of hydrogen-bond acceptors (Lipinski definition) is 1. The fourth-order valence-electron chi connectivity index (χ4n) is 3.34. The van der Waals surface area contributed by atoms with Crippen LogP contribution in [0.3, 0.4) is 0 Å². The molecule has 1 aliphatic rings. The van der Waals surface area contributed by atoms with Gasteiger partial charge in [-0.2, -0.15) is 0 Å². The number of halogens is 1. The molecule has 0 aromatic heterocycles. The van der Waals surface area contributed by atoms with Crippen molar-refractivity contribution in [3.8, 4) is 0 Å². The van der Waals surface area contributed by atoms with Gasteiger partial charge in [0.05, 0.1) is 0 Å². The van der Waals surface area contributed by atoms with Crippen LogP contribution in [-0.2, 0) is 0 Å². The summed E-state index contributed by atoms with van der Waals surface area (Å²) in [5, 5.41) is 3.68. The molecule has 1 aliphatic carbocycles. The van der Waals surface area contributed by atoms with Gasteiger partial charge in [-0.05, 0) is 48.8 Å². The molecule has 1 aromatic rings. The summed E-state index contributed by atoms with van der Waals surface area (Å²) < 4.78 is 13.3. The van der Waals surface area contributed by atoms with Gasteiger partial charge in [0, 0.05) is 12.6 Å². The molecule has 106 valence electrons. The van der Waals surface area contributed by atoms with E-state index in [1.54, 1.807) is 12.1 Å². The van der Waals surface area contributed by atoms with E-state index in [2.05, 4.69) is 19.2 Å². The van der Waals surface area contributed by atoms with E-state index in [-0.39, 0.29) is 11.9 Å². The largest absolute Gasteiger partial charge is 0.309 e. The van der Waals surface area contributed by atoms with Crippen LogP contribution in [0.25, 0.3) is 0 Å². The maximum Gasteiger partial charge on any atom is 0.123 e. The van der Waals surface area contributed by atoms with Crippen LogP contribution >= 0.6 is 0 Å². The van der Waals surface area contributed by atoms with Crippen molar-refractivity contribution in [2.24, 2.45) is 5.41 Å². The molecule has 1 unspecified atom stereocenters. The minimum atomic E-state index is -0.135. The highest BCUT2D eigenvalue weighted by Gasteiger charge is 2.32. The van der Waals surface area contributed by atoms with Crippen LogP contribution < -0.4 is 5.32 Å². The van der Waals surface area contributed by atoms with Gasteiger partial charge in [0.1, 0.15) is 5.82 Å². The van der Waals surface area contributed by atoms with Crippen molar-refractivity contribution in [3.63, 3.8) is 0 Å². The number of rotatable bonds is 6. The molecule has 2 rings (SSSR count). The fourth-order valence-corrected chi connectivity index (χ4v) is 3.34. The highest BCUT2D eigenvalue weighted by molar-refractivity contribution is 5.20. The van der Waals surface area contributed by atoms with Gasteiger partial charge in [0.25, 0.3) is 0 Å². The number of nitrogens with one attached hydrogen (secondary N) is 1. The standard InChI is InChI=1S/C17H26FN/c1-3-16(14-8-7-9-15(18)12-14)19-13-17(4-2)10-5-6-11-17/h7-9,12,16,19H,3-6,10-11,13H2,1-2H3. The fraction of sp³-hybridized carbons (Fsp3) is 0.647. The van der Waals surface area contributed by atoms with E-state index < -0.39 is 0 Å². The summed E-state index contributed by atoms with van der Waals surface area (Å²) in [6.07, 6.45) is 7.67. The van der Waals surface area contributed by atoms with Gasteiger partial charge in [-0.3, -0.25) is 0 Å². The molecule has 1 fully saturated rings. The van der Waals surface area contributed by atoms with Crippen molar-refractivity contribution in [2.75, 3.05) is 6.54 Å². The summed E-state index contributed by atoms with van der Waals surface area (Å²) in [6.45, 7) is 5.53. The molecule has 1 aromatic carbocycles. The highest BCUT2D eigenvalue weighted by atomic mass is 19.1. The predicted molar refractivity (Wildman–Crippen MR) is 78.6 cm³/mol. The van der Waals surface area contributed by atoms with E-state index in [1.165, 1.54) is 38.2 Å². The van der Waals surface area contributed by atoms with E-state index in [1.807, 2.05) is 6.07 Å². The number of hydrogen-bond donors (Lipinski definition) is 1. The lowest BCUT2D eigenvalue weighted by molar-refractivity contribution is 0.254. The van der Waals surface area contributed by atoms with Crippen LogP contribution in [0.15, 0.2) is 24.3 Å². The third-order valence-electron chi connectivity index (χ3n) is 4.80. The van der Waals surface area contributed by atoms with E-state index in [0.717, 1.165) is 18.5 Å². The van der Waals surface area contributed by atoms with Crippen LogP contribution in [0.2, 0.25) is 0 Å². The zero-order chi connectivity index (χ0) is 13.7. The van der Waals surface area contributed by atoms with E-state index in [9.17, 15) is 4.39 Å². The van der Waals surface area contributed by atoms with E-state index in [0.29, 0.717) is 5.41 Å². The topological polar surface area (TPSA) is 12.0 Å². The van der Waals surface area contributed by atoms with Gasteiger partial charge in [0.15, 0.2) is 0 Å². The lowest BCUT2D eigenvalue weighted by atomic mass is 9.83. The molecule has 1 atom stereocenters. The quantitative estimate of drug-likeness (QED) is 0.774. The first-order chi connectivity index (χ1) is 9.19. The van der Waals surface area contributed by atoms with E-state index >= 15 is 0 Å². The molecule has 1 N–H and O–H groups in total. The van der Waals surface area contributed by atoms with Crippen LogP contribution in [-0.4, -0.2) is 6.54 Å². The first-order valence-corrected chi connectivity index (χ1v) is 7.68. The first-order valence-electron chi connectivity index (χ1n) is 7.68. The Balaban J connectivity index is 1.99. The SMILES string of the molecule is CCC(NCC1(CC)CCCC1)c1cccc(F)c1. The zero-order valence-corrected chi connectivity index (χ0v) is 12.2. The van der Waals surface area contributed by atoms with Gasteiger partial charge in [-0.1, -0.05) is 38.8 Å². The smallest absolute Gasteiger partial charge is 0.123 e. The third-order valence-corrected chi connectivity index (χ3v) is 4.80. The predicted octanol–water partition coefficient (Wildman–Crippen LogP) is 4.84. The van der Waals surface area contributed by atoms with Crippen LogP contribution in [0.4, 0.5) is 4.39 Å². The van der Waals surface area contributed by atoms with Crippen LogP contribution in [0.1, 0.15) is 64.0 Å². The normalized spacial score (nSPS) is 19.5. The second-order valence-electron chi connectivity index (χ2n) is 5.96. The Bertz CT molecular complexity index is 396. The van der Waals surface area contributed by atoms with Gasteiger partial charge in [-0.15, -0.1) is 0 Å². The Morgan fingerprint density at radius 3 is 2.58 bits per heavy atom. The molecule has 0 radical (unpaired) electrons. The van der Waals surface area contributed by atoms with Gasteiger partial charge < -0.3 is 5.32 Å². The molecule has 0 aliphatic heterocycles. The van der Waals surface area contributed by atoms with Gasteiger partial charge in [-0.25, -0.2) is 4.39 Å². The third kappa shape index (κ3) is 3.56. The molecule has 0 saturated heterocycles.